The second-order valence-electron chi connectivity index (χ2n) is 9.60. The van der Waals surface area contributed by atoms with Gasteiger partial charge in [-0.3, -0.25) is 0 Å². The first-order valence-corrected chi connectivity index (χ1v) is 9.31. The van der Waals surface area contributed by atoms with E-state index in [0.29, 0.717) is 11.8 Å². The van der Waals surface area contributed by atoms with Crippen LogP contribution in [0, 0.1) is 28.1 Å². The summed E-state index contributed by atoms with van der Waals surface area (Å²) in [6.07, 6.45) is 7.37. The van der Waals surface area contributed by atoms with Crippen molar-refractivity contribution in [1.29, 1.82) is 0 Å². The zero-order valence-corrected chi connectivity index (χ0v) is 15.2. The van der Waals surface area contributed by atoms with Gasteiger partial charge in [-0.05, 0) is 61.2 Å². The second-order valence-corrected chi connectivity index (χ2v) is 9.60. The van der Waals surface area contributed by atoms with E-state index in [1.165, 1.54) is 5.57 Å². The number of fused-ring (bicyclic) bond motifs is 3. The van der Waals surface area contributed by atoms with Gasteiger partial charge in [-0.1, -0.05) is 39.3 Å². The van der Waals surface area contributed by atoms with Crippen molar-refractivity contribution in [3.05, 3.63) is 11.6 Å². The van der Waals surface area contributed by atoms with Crippen molar-refractivity contribution in [3.63, 3.8) is 0 Å². The van der Waals surface area contributed by atoms with Crippen LogP contribution in [0.5, 0.6) is 0 Å². The summed E-state index contributed by atoms with van der Waals surface area (Å²) in [5.74, 6) is 0.953. The summed E-state index contributed by atoms with van der Waals surface area (Å²) in [6.45, 7) is 8.98. The maximum atomic E-state index is 10.9. The molecule has 0 saturated heterocycles. The zero-order chi connectivity index (χ0) is 17.0. The van der Waals surface area contributed by atoms with Crippen molar-refractivity contribution >= 4 is 0 Å². The average Bonchev–Trinajstić information content (AvgIpc) is 2.50. The Bertz CT molecular complexity index is 497. The molecule has 0 bridgehead atoms. The number of rotatable bonds is 2. The minimum absolute atomic E-state index is 0.0443. The van der Waals surface area contributed by atoms with Crippen LogP contribution in [0.2, 0.25) is 0 Å². The highest BCUT2D eigenvalue weighted by Crippen LogP contribution is 2.63. The van der Waals surface area contributed by atoms with E-state index in [2.05, 4.69) is 33.8 Å². The van der Waals surface area contributed by atoms with Crippen molar-refractivity contribution in [2.75, 3.05) is 6.61 Å². The van der Waals surface area contributed by atoms with E-state index in [4.69, 9.17) is 0 Å². The van der Waals surface area contributed by atoms with Crippen LogP contribution in [0.25, 0.3) is 0 Å². The SMILES string of the molecule is CC1(C)CC[C@@H](O)[C@]2(C)C3CC[C@](C)([C@H](O)CO)CC3=CC[C@@H]12. The molecule has 0 heterocycles. The van der Waals surface area contributed by atoms with E-state index >= 15 is 0 Å². The first-order valence-electron chi connectivity index (χ1n) is 9.31. The summed E-state index contributed by atoms with van der Waals surface area (Å²) in [4.78, 5) is 0. The van der Waals surface area contributed by atoms with Gasteiger partial charge < -0.3 is 15.3 Å². The molecule has 0 aromatic rings. The number of aliphatic hydroxyl groups excluding tert-OH is 3. The van der Waals surface area contributed by atoms with Crippen LogP contribution in [0.3, 0.4) is 0 Å². The molecular formula is C20H34O3. The van der Waals surface area contributed by atoms with E-state index in [0.717, 1.165) is 38.5 Å². The lowest BCUT2D eigenvalue weighted by Crippen LogP contribution is -2.57. The molecule has 0 aliphatic heterocycles. The topological polar surface area (TPSA) is 60.7 Å². The van der Waals surface area contributed by atoms with Crippen LogP contribution in [-0.4, -0.2) is 34.1 Å². The van der Waals surface area contributed by atoms with Crippen LogP contribution in [-0.2, 0) is 0 Å². The molecule has 3 nitrogen and oxygen atoms in total. The predicted octanol–water partition coefficient (Wildman–Crippen LogP) is 3.28. The summed E-state index contributed by atoms with van der Waals surface area (Å²) >= 11 is 0. The van der Waals surface area contributed by atoms with Crippen LogP contribution in [0.4, 0.5) is 0 Å². The van der Waals surface area contributed by atoms with E-state index in [1.54, 1.807) is 0 Å². The number of hydrogen-bond acceptors (Lipinski definition) is 3. The molecule has 3 aliphatic carbocycles. The molecule has 3 heteroatoms. The minimum atomic E-state index is -0.650. The highest BCUT2D eigenvalue weighted by atomic mass is 16.3. The number of aliphatic hydroxyl groups is 3. The van der Waals surface area contributed by atoms with Gasteiger partial charge in [-0.2, -0.15) is 0 Å². The van der Waals surface area contributed by atoms with E-state index < -0.39 is 6.10 Å². The highest BCUT2D eigenvalue weighted by molar-refractivity contribution is 5.25. The number of hydrogen-bond donors (Lipinski definition) is 3. The smallest absolute Gasteiger partial charge is 0.0827 e. The van der Waals surface area contributed by atoms with Crippen molar-refractivity contribution in [2.45, 2.75) is 78.4 Å². The second kappa shape index (κ2) is 5.57. The molecule has 1 unspecified atom stereocenters. The third kappa shape index (κ3) is 2.51. The molecule has 132 valence electrons. The van der Waals surface area contributed by atoms with Crippen LogP contribution in [0.15, 0.2) is 11.6 Å². The summed E-state index contributed by atoms with van der Waals surface area (Å²) in [6, 6.07) is 0. The first-order chi connectivity index (χ1) is 10.6. The van der Waals surface area contributed by atoms with Crippen molar-refractivity contribution in [2.24, 2.45) is 28.1 Å². The Labute approximate surface area is 140 Å². The van der Waals surface area contributed by atoms with Crippen LogP contribution >= 0.6 is 0 Å². The van der Waals surface area contributed by atoms with Crippen LogP contribution in [0.1, 0.15) is 66.2 Å². The van der Waals surface area contributed by atoms with Crippen molar-refractivity contribution in [3.8, 4) is 0 Å². The maximum Gasteiger partial charge on any atom is 0.0827 e. The number of allylic oxidation sites excluding steroid dienone is 2. The quantitative estimate of drug-likeness (QED) is 0.684. The Hall–Kier alpha value is -0.380. The Morgan fingerprint density at radius 1 is 1.17 bits per heavy atom. The summed E-state index contributed by atoms with van der Waals surface area (Å²) in [7, 11) is 0. The van der Waals surface area contributed by atoms with Crippen molar-refractivity contribution in [1.82, 2.24) is 0 Å². The fourth-order valence-electron chi connectivity index (χ4n) is 6.15. The van der Waals surface area contributed by atoms with E-state index in [9.17, 15) is 15.3 Å². The van der Waals surface area contributed by atoms with Crippen molar-refractivity contribution < 1.29 is 15.3 Å². The third-order valence-corrected chi connectivity index (χ3v) is 7.88. The van der Waals surface area contributed by atoms with Gasteiger partial charge in [0.05, 0.1) is 18.8 Å². The molecule has 2 saturated carbocycles. The van der Waals surface area contributed by atoms with Gasteiger partial charge in [0.15, 0.2) is 0 Å². The summed E-state index contributed by atoms with van der Waals surface area (Å²) in [5, 5.41) is 30.5. The van der Waals surface area contributed by atoms with Gasteiger partial charge in [0, 0.05) is 5.41 Å². The van der Waals surface area contributed by atoms with Gasteiger partial charge in [0.1, 0.15) is 0 Å². The molecule has 0 aromatic heterocycles. The third-order valence-electron chi connectivity index (χ3n) is 7.88. The average molecular weight is 322 g/mol. The fraction of sp³-hybridized carbons (Fsp3) is 0.900. The molecule has 2 fully saturated rings. The normalized spacial score (nSPS) is 47.3. The molecule has 0 spiro atoms. The highest BCUT2D eigenvalue weighted by Gasteiger charge is 2.58. The zero-order valence-electron chi connectivity index (χ0n) is 15.2. The molecule has 6 atom stereocenters. The predicted molar refractivity (Wildman–Crippen MR) is 91.9 cm³/mol. The summed E-state index contributed by atoms with van der Waals surface area (Å²) in [5.41, 5.74) is 1.43. The monoisotopic (exact) mass is 322 g/mol. The molecule has 23 heavy (non-hydrogen) atoms. The maximum absolute atomic E-state index is 10.9. The Morgan fingerprint density at radius 3 is 2.52 bits per heavy atom. The molecule has 3 N–H and O–H groups in total. The molecule has 0 amide bonds. The fourth-order valence-corrected chi connectivity index (χ4v) is 6.15. The van der Waals surface area contributed by atoms with Gasteiger partial charge in [0.2, 0.25) is 0 Å². The van der Waals surface area contributed by atoms with Gasteiger partial charge >= 0.3 is 0 Å². The van der Waals surface area contributed by atoms with Gasteiger partial charge in [0.25, 0.3) is 0 Å². The molecule has 3 aliphatic rings. The van der Waals surface area contributed by atoms with Gasteiger partial charge in [-0.15, -0.1) is 0 Å². The standard InChI is InChI=1S/C20H34O3/c1-18(2)9-8-16(22)20(4)14-7-10-19(3,17(23)12-21)11-13(14)5-6-15(18)20/h5,14-17,21-23H,6-12H2,1-4H3/t14?,15-,16+,17+,19-,20+/m0/s1. The lowest BCUT2D eigenvalue weighted by Gasteiger charge is -2.61. The first kappa shape index (κ1) is 17.4. The summed E-state index contributed by atoms with van der Waals surface area (Å²) < 4.78 is 0. The largest absolute Gasteiger partial charge is 0.394 e. The van der Waals surface area contributed by atoms with E-state index in [1.807, 2.05) is 0 Å². The molecular weight excluding hydrogens is 288 g/mol. The minimum Gasteiger partial charge on any atom is -0.394 e. The Kier molecular flexibility index (Phi) is 4.23. The lowest BCUT2D eigenvalue weighted by molar-refractivity contribution is -0.140. The van der Waals surface area contributed by atoms with E-state index in [-0.39, 0.29) is 29.0 Å². The van der Waals surface area contributed by atoms with Gasteiger partial charge in [-0.25, -0.2) is 0 Å². The molecule has 0 radical (unpaired) electrons. The molecule has 3 rings (SSSR count). The molecule has 0 aromatic carbocycles. The Morgan fingerprint density at radius 2 is 1.87 bits per heavy atom. The van der Waals surface area contributed by atoms with Crippen LogP contribution < -0.4 is 0 Å². The Balaban J connectivity index is 1.94. The lowest BCUT2D eigenvalue weighted by atomic mass is 9.45.